The van der Waals surface area contributed by atoms with Crippen molar-refractivity contribution in [3.05, 3.63) is 52.0 Å². The second kappa shape index (κ2) is 9.30. The van der Waals surface area contributed by atoms with Gasteiger partial charge in [0.1, 0.15) is 0 Å². The Morgan fingerprint density at radius 3 is 2.78 bits per heavy atom. The van der Waals surface area contributed by atoms with Gasteiger partial charge in [-0.2, -0.15) is 0 Å². The van der Waals surface area contributed by atoms with E-state index in [9.17, 15) is 0 Å². The molecule has 0 saturated heterocycles. The first kappa shape index (κ1) is 17.5. The van der Waals surface area contributed by atoms with Crippen molar-refractivity contribution >= 4 is 17.3 Å². The van der Waals surface area contributed by atoms with Gasteiger partial charge in [-0.1, -0.05) is 44.2 Å². The molecule has 4 nitrogen and oxygen atoms in total. The van der Waals surface area contributed by atoms with Crippen molar-refractivity contribution in [3.8, 4) is 0 Å². The molecule has 0 saturated carbocycles. The molecule has 0 amide bonds. The molecule has 0 spiro atoms. The van der Waals surface area contributed by atoms with Gasteiger partial charge in [0.15, 0.2) is 5.96 Å². The topological polar surface area (TPSA) is 63.3 Å². The zero-order chi connectivity index (χ0) is 16.5. The summed E-state index contributed by atoms with van der Waals surface area (Å²) in [5.74, 6) is 1.17. The van der Waals surface area contributed by atoms with E-state index in [1.165, 1.54) is 5.56 Å². The number of aromatic nitrogens is 1. The van der Waals surface area contributed by atoms with Crippen molar-refractivity contribution in [1.29, 1.82) is 0 Å². The van der Waals surface area contributed by atoms with E-state index in [-0.39, 0.29) is 0 Å². The largest absolute Gasteiger partial charge is 0.370 e. The molecule has 124 valence electrons. The smallest absolute Gasteiger partial charge is 0.188 e. The fourth-order valence-corrected chi connectivity index (χ4v) is 2.93. The highest BCUT2D eigenvalue weighted by molar-refractivity contribution is 7.09. The number of aliphatic imine (C=N–C) groups is 1. The minimum absolute atomic E-state index is 0.504. The molecule has 0 aliphatic heterocycles. The van der Waals surface area contributed by atoms with Crippen molar-refractivity contribution in [1.82, 2.24) is 10.3 Å². The fraction of sp³-hybridized carbons (Fsp3) is 0.444. The molecule has 3 N–H and O–H groups in total. The van der Waals surface area contributed by atoms with Crippen molar-refractivity contribution in [2.75, 3.05) is 6.54 Å². The quantitative estimate of drug-likeness (QED) is 0.576. The molecule has 0 radical (unpaired) electrons. The number of hydrogen-bond acceptors (Lipinski definition) is 3. The van der Waals surface area contributed by atoms with Crippen molar-refractivity contribution < 1.29 is 0 Å². The molecule has 1 aromatic heterocycles. The molecule has 0 fully saturated rings. The van der Waals surface area contributed by atoms with E-state index in [0.29, 0.717) is 18.4 Å². The van der Waals surface area contributed by atoms with Gasteiger partial charge >= 0.3 is 0 Å². The lowest BCUT2D eigenvalue weighted by molar-refractivity contribution is 0.576. The molecule has 0 atom stereocenters. The van der Waals surface area contributed by atoms with Gasteiger partial charge in [-0.15, -0.1) is 11.3 Å². The summed E-state index contributed by atoms with van der Waals surface area (Å²) in [5.41, 5.74) is 8.20. The molecule has 1 aromatic carbocycles. The van der Waals surface area contributed by atoms with Crippen LogP contribution in [-0.4, -0.2) is 17.5 Å². The van der Waals surface area contributed by atoms with Crippen molar-refractivity contribution in [2.45, 2.75) is 39.7 Å². The van der Waals surface area contributed by atoms with Crippen LogP contribution < -0.4 is 11.1 Å². The zero-order valence-electron chi connectivity index (χ0n) is 14.0. The van der Waals surface area contributed by atoms with E-state index in [1.54, 1.807) is 11.3 Å². The monoisotopic (exact) mass is 330 g/mol. The van der Waals surface area contributed by atoms with Gasteiger partial charge in [-0.25, -0.2) is 9.98 Å². The number of guanidine groups is 1. The van der Waals surface area contributed by atoms with Gasteiger partial charge in [0.05, 0.1) is 17.2 Å². The molecular formula is C18H26N4S. The predicted molar refractivity (Wildman–Crippen MR) is 98.7 cm³/mol. The third-order valence-electron chi connectivity index (χ3n) is 3.51. The van der Waals surface area contributed by atoms with Crippen LogP contribution in [0.5, 0.6) is 0 Å². The van der Waals surface area contributed by atoms with Crippen LogP contribution in [0.4, 0.5) is 0 Å². The van der Waals surface area contributed by atoms with Crippen LogP contribution in [0, 0.1) is 5.92 Å². The third-order valence-corrected chi connectivity index (χ3v) is 4.47. The molecule has 5 heteroatoms. The van der Waals surface area contributed by atoms with Gasteiger partial charge in [0.2, 0.25) is 0 Å². The Morgan fingerprint density at radius 1 is 1.26 bits per heavy atom. The van der Waals surface area contributed by atoms with Crippen LogP contribution in [0.3, 0.4) is 0 Å². The molecule has 0 unspecified atom stereocenters. The Bertz CT molecular complexity index is 604. The first-order chi connectivity index (χ1) is 11.1. The maximum absolute atomic E-state index is 5.86. The SMILES string of the molecule is CC(C)CCNC(N)=NCc1csc(CCc2ccccc2)n1. The number of nitrogens with two attached hydrogens (primary N) is 1. The molecular weight excluding hydrogens is 304 g/mol. The molecule has 23 heavy (non-hydrogen) atoms. The lowest BCUT2D eigenvalue weighted by Crippen LogP contribution is -2.32. The first-order valence-electron chi connectivity index (χ1n) is 8.14. The average Bonchev–Trinajstić information content (AvgIpc) is 2.99. The lowest BCUT2D eigenvalue weighted by atomic mass is 10.1. The summed E-state index contributed by atoms with van der Waals surface area (Å²) in [6.45, 7) is 5.80. The van der Waals surface area contributed by atoms with Gasteiger partial charge in [0.25, 0.3) is 0 Å². The number of hydrogen-bond donors (Lipinski definition) is 2. The van der Waals surface area contributed by atoms with Crippen LogP contribution in [0.15, 0.2) is 40.7 Å². The summed E-state index contributed by atoms with van der Waals surface area (Å²) in [5, 5.41) is 6.37. The summed E-state index contributed by atoms with van der Waals surface area (Å²) in [7, 11) is 0. The number of nitrogens with zero attached hydrogens (tertiary/aromatic N) is 2. The van der Waals surface area contributed by atoms with Crippen LogP contribution in [0.25, 0.3) is 0 Å². The van der Waals surface area contributed by atoms with E-state index in [1.807, 2.05) is 6.07 Å². The Balaban J connectivity index is 1.75. The van der Waals surface area contributed by atoms with Gasteiger partial charge in [-0.3, -0.25) is 0 Å². The van der Waals surface area contributed by atoms with E-state index >= 15 is 0 Å². The lowest BCUT2D eigenvalue weighted by Gasteiger charge is -2.06. The number of rotatable bonds is 8. The van der Waals surface area contributed by atoms with Crippen molar-refractivity contribution in [3.63, 3.8) is 0 Å². The molecule has 0 aliphatic carbocycles. The Labute approximate surface area is 142 Å². The summed E-state index contributed by atoms with van der Waals surface area (Å²) in [6, 6.07) is 10.5. The maximum Gasteiger partial charge on any atom is 0.188 e. The highest BCUT2D eigenvalue weighted by Gasteiger charge is 2.03. The molecule has 0 aliphatic rings. The summed E-state index contributed by atoms with van der Waals surface area (Å²) in [4.78, 5) is 8.98. The second-order valence-electron chi connectivity index (χ2n) is 6.03. The average molecular weight is 331 g/mol. The molecule has 2 rings (SSSR count). The minimum atomic E-state index is 0.504. The van der Waals surface area contributed by atoms with E-state index in [2.05, 4.69) is 58.8 Å². The maximum atomic E-state index is 5.86. The first-order valence-corrected chi connectivity index (χ1v) is 9.02. The molecule has 2 aromatic rings. The standard InChI is InChI=1S/C18H26N4S/c1-14(2)10-11-20-18(19)21-12-16-13-23-17(22-16)9-8-15-6-4-3-5-7-15/h3-7,13-14H,8-12H2,1-2H3,(H3,19,20,21). The van der Waals surface area contributed by atoms with Gasteiger partial charge in [-0.05, 0) is 24.3 Å². The summed E-state index contributed by atoms with van der Waals surface area (Å²) < 4.78 is 0. The fourth-order valence-electron chi connectivity index (χ4n) is 2.14. The van der Waals surface area contributed by atoms with Gasteiger partial charge < -0.3 is 11.1 Å². The van der Waals surface area contributed by atoms with E-state index < -0.39 is 0 Å². The minimum Gasteiger partial charge on any atom is -0.370 e. The third kappa shape index (κ3) is 6.82. The normalized spacial score (nSPS) is 11.9. The zero-order valence-corrected chi connectivity index (χ0v) is 14.8. The Hall–Kier alpha value is -1.88. The second-order valence-corrected chi connectivity index (χ2v) is 6.97. The van der Waals surface area contributed by atoms with Crippen LogP contribution in [-0.2, 0) is 19.4 Å². The predicted octanol–water partition coefficient (Wildman–Crippen LogP) is 3.38. The number of aryl methyl sites for hydroxylation is 2. The Kier molecular flexibility index (Phi) is 7.07. The van der Waals surface area contributed by atoms with E-state index in [0.717, 1.165) is 36.5 Å². The Morgan fingerprint density at radius 2 is 2.04 bits per heavy atom. The van der Waals surface area contributed by atoms with Crippen LogP contribution in [0.2, 0.25) is 0 Å². The molecule has 0 bridgehead atoms. The summed E-state index contributed by atoms with van der Waals surface area (Å²) in [6.07, 6.45) is 3.09. The van der Waals surface area contributed by atoms with Gasteiger partial charge in [0, 0.05) is 18.3 Å². The number of benzene rings is 1. The molecule has 1 heterocycles. The number of thiazole rings is 1. The van der Waals surface area contributed by atoms with Crippen molar-refractivity contribution in [2.24, 2.45) is 16.6 Å². The highest BCUT2D eigenvalue weighted by atomic mass is 32.1. The summed E-state index contributed by atoms with van der Waals surface area (Å²) >= 11 is 1.70. The number of nitrogens with one attached hydrogen (secondary N) is 1. The van der Waals surface area contributed by atoms with Crippen LogP contribution in [0.1, 0.15) is 36.5 Å². The highest BCUT2D eigenvalue weighted by Crippen LogP contribution is 2.13. The van der Waals surface area contributed by atoms with E-state index in [4.69, 9.17) is 5.73 Å². The van der Waals surface area contributed by atoms with Crippen LogP contribution >= 0.6 is 11.3 Å².